The lowest BCUT2D eigenvalue weighted by molar-refractivity contribution is -0.586. The van der Waals surface area contributed by atoms with E-state index >= 15 is 0 Å². The maximum absolute atomic E-state index is 6.88. The molecule has 0 amide bonds. The molecule has 6 heteroatoms. The monoisotopic (exact) mass is 749 g/mol. The van der Waals surface area contributed by atoms with Crippen LogP contribution in [-0.4, -0.2) is 16.2 Å². The highest BCUT2D eigenvalue weighted by atomic mass is 32.1. The van der Waals surface area contributed by atoms with Gasteiger partial charge in [0, 0.05) is 52.8 Å². The standard InChI is InChI=1S/C51H32N4OS/c1-3-14-31(15-4-1)49-52-50(32-16-5-2-6-17-32)54-51(53-49)40-23-13-27-45-46(40)39-22-11-20-34(48(39)57-45)33-28-29-37-38-21-12-26-43(47(38)56-44(37)30-33)55-41-24-9-7-18-35(41)36-19-8-10-25-42(36)55/h1-30,51H,(H,52,53,54)/p+1. The molecular weight excluding hydrogens is 717 g/mol. The molecule has 268 valence electrons. The average Bonchev–Trinajstić information content (AvgIpc) is 3.96. The van der Waals surface area contributed by atoms with Crippen molar-refractivity contribution in [2.45, 2.75) is 6.17 Å². The number of para-hydroxylation sites is 3. The van der Waals surface area contributed by atoms with Gasteiger partial charge in [0.25, 0.3) is 0 Å². The molecule has 8 aromatic carbocycles. The third-order valence-electron chi connectivity index (χ3n) is 11.4. The summed E-state index contributed by atoms with van der Waals surface area (Å²) in [7, 11) is 0. The van der Waals surface area contributed by atoms with Crippen LogP contribution in [0.1, 0.15) is 22.9 Å². The Kier molecular flexibility index (Phi) is 7.17. The number of rotatable bonds is 5. The Hall–Kier alpha value is -7.12. The lowest BCUT2D eigenvalue weighted by atomic mass is 9.98. The molecule has 0 spiro atoms. The van der Waals surface area contributed by atoms with Gasteiger partial charge in [0.15, 0.2) is 11.4 Å². The Morgan fingerprint density at radius 3 is 2.00 bits per heavy atom. The van der Waals surface area contributed by atoms with E-state index in [1.54, 1.807) is 0 Å². The molecule has 0 saturated heterocycles. The molecule has 1 aliphatic heterocycles. The minimum Gasteiger partial charge on any atom is -0.454 e. The third kappa shape index (κ3) is 5.05. The number of nitrogens with zero attached hydrogens (tertiary/aromatic N) is 3. The van der Waals surface area contributed by atoms with E-state index in [-0.39, 0.29) is 6.17 Å². The van der Waals surface area contributed by atoms with Crippen molar-refractivity contribution in [3.8, 4) is 16.8 Å². The van der Waals surface area contributed by atoms with Crippen LogP contribution in [0.2, 0.25) is 0 Å². The minimum atomic E-state index is -0.200. The molecule has 0 bridgehead atoms. The molecule has 0 fully saturated rings. The second-order valence-electron chi connectivity index (χ2n) is 14.6. The summed E-state index contributed by atoms with van der Waals surface area (Å²) in [6.45, 7) is 0. The highest BCUT2D eigenvalue weighted by Crippen LogP contribution is 2.44. The SMILES string of the molecule is c1ccc(C2=NC(c3cccc4sc5c(-c6ccc7c(c6)oc6c(-n8c9ccccc9c9ccccc98)cccc67)cccc5c34)[NH2+]C(c3ccccc3)=N2)cc1. The maximum atomic E-state index is 6.88. The van der Waals surface area contributed by atoms with Crippen LogP contribution in [-0.2, 0) is 0 Å². The second-order valence-corrected chi connectivity index (χ2v) is 15.7. The number of furan rings is 1. The maximum Gasteiger partial charge on any atom is 0.235 e. The Morgan fingerprint density at radius 2 is 1.21 bits per heavy atom. The quantitative estimate of drug-likeness (QED) is 0.187. The molecule has 3 aromatic heterocycles. The van der Waals surface area contributed by atoms with Gasteiger partial charge in [-0.05, 0) is 59.7 Å². The molecule has 12 rings (SSSR count). The van der Waals surface area contributed by atoms with Gasteiger partial charge >= 0.3 is 0 Å². The predicted octanol–water partition coefficient (Wildman–Crippen LogP) is 12.2. The molecule has 5 nitrogen and oxygen atoms in total. The first-order chi connectivity index (χ1) is 28.3. The number of hydrogen-bond acceptors (Lipinski definition) is 4. The zero-order valence-electron chi connectivity index (χ0n) is 30.6. The van der Waals surface area contributed by atoms with Crippen LogP contribution in [0.25, 0.3) is 80.7 Å². The van der Waals surface area contributed by atoms with Gasteiger partial charge in [-0.1, -0.05) is 133 Å². The largest absolute Gasteiger partial charge is 0.454 e. The average molecular weight is 750 g/mol. The van der Waals surface area contributed by atoms with E-state index in [2.05, 4.69) is 168 Å². The highest BCUT2D eigenvalue weighted by Gasteiger charge is 2.28. The number of aromatic nitrogens is 1. The van der Waals surface area contributed by atoms with Crippen molar-refractivity contribution in [3.05, 3.63) is 199 Å². The molecule has 0 radical (unpaired) electrons. The van der Waals surface area contributed by atoms with Gasteiger partial charge in [-0.25, -0.2) is 4.99 Å². The molecule has 4 heterocycles. The van der Waals surface area contributed by atoms with Crippen molar-refractivity contribution in [2.75, 3.05) is 0 Å². The number of thiophene rings is 1. The molecule has 0 aliphatic carbocycles. The Morgan fingerprint density at radius 1 is 0.544 bits per heavy atom. The van der Waals surface area contributed by atoms with E-state index in [4.69, 9.17) is 14.4 Å². The highest BCUT2D eigenvalue weighted by molar-refractivity contribution is 7.26. The summed E-state index contributed by atoms with van der Waals surface area (Å²) < 4.78 is 11.7. The number of benzene rings is 8. The van der Waals surface area contributed by atoms with Gasteiger partial charge in [0.1, 0.15) is 5.58 Å². The summed E-state index contributed by atoms with van der Waals surface area (Å²) in [4.78, 5) is 10.4. The summed E-state index contributed by atoms with van der Waals surface area (Å²) in [5.41, 5.74) is 10.7. The van der Waals surface area contributed by atoms with Crippen LogP contribution in [0.15, 0.2) is 196 Å². The molecule has 2 N–H and O–H groups in total. The van der Waals surface area contributed by atoms with Crippen molar-refractivity contribution in [1.29, 1.82) is 0 Å². The summed E-state index contributed by atoms with van der Waals surface area (Å²) in [5.74, 6) is 1.69. The smallest absolute Gasteiger partial charge is 0.235 e. The molecule has 0 saturated carbocycles. The number of hydrogen-bond donors (Lipinski definition) is 1. The van der Waals surface area contributed by atoms with Gasteiger partial charge < -0.3 is 8.98 Å². The number of quaternary nitrogens is 1. The van der Waals surface area contributed by atoms with Gasteiger partial charge in [0.2, 0.25) is 12.0 Å². The number of amidine groups is 2. The molecular formula is C51H33N4OS+. The summed E-state index contributed by atoms with van der Waals surface area (Å²) in [6, 6.07) is 64.5. The van der Waals surface area contributed by atoms with Gasteiger partial charge in [-0.2, -0.15) is 4.99 Å². The van der Waals surface area contributed by atoms with E-state index < -0.39 is 0 Å². The van der Waals surface area contributed by atoms with E-state index in [0.717, 1.165) is 56.0 Å². The summed E-state index contributed by atoms with van der Waals surface area (Å²) in [6.07, 6.45) is -0.200. The Bertz CT molecular complexity index is 3390. The van der Waals surface area contributed by atoms with Crippen molar-refractivity contribution in [2.24, 2.45) is 9.98 Å². The zero-order valence-corrected chi connectivity index (χ0v) is 31.4. The first-order valence-electron chi connectivity index (χ1n) is 19.3. The molecule has 1 unspecified atom stereocenters. The van der Waals surface area contributed by atoms with Gasteiger partial charge in [0.05, 0.1) is 22.3 Å². The normalized spacial score (nSPS) is 14.6. The van der Waals surface area contributed by atoms with E-state index in [1.165, 1.54) is 53.1 Å². The lowest BCUT2D eigenvalue weighted by Gasteiger charge is -2.20. The topological polar surface area (TPSA) is 59.4 Å². The molecule has 1 atom stereocenters. The number of fused-ring (bicyclic) bond motifs is 9. The molecule has 57 heavy (non-hydrogen) atoms. The van der Waals surface area contributed by atoms with Crippen molar-refractivity contribution in [1.82, 2.24) is 4.57 Å². The minimum absolute atomic E-state index is 0.200. The first kappa shape index (κ1) is 32.2. The van der Waals surface area contributed by atoms with Crippen molar-refractivity contribution >= 4 is 86.9 Å². The Labute approximate surface area is 331 Å². The zero-order chi connectivity index (χ0) is 37.5. The van der Waals surface area contributed by atoms with Crippen LogP contribution in [0.5, 0.6) is 0 Å². The lowest BCUT2D eigenvalue weighted by Crippen LogP contribution is -2.90. The van der Waals surface area contributed by atoms with E-state index in [9.17, 15) is 0 Å². The molecule has 1 aliphatic rings. The first-order valence-corrected chi connectivity index (χ1v) is 20.1. The number of aliphatic imine (C=N–C) groups is 2. The van der Waals surface area contributed by atoms with Crippen molar-refractivity contribution in [3.63, 3.8) is 0 Å². The fraction of sp³-hybridized carbons (Fsp3) is 0.0196. The Balaban J connectivity index is 0.998. The van der Waals surface area contributed by atoms with Crippen LogP contribution in [0.4, 0.5) is 0 Å². The van der Waals surface area contributed by atoms with Crippen molar-refractivity contribution < 1.29 is 9.73 Å². The summed E-state index contributed by atoms with van der Waals surface area (Å²) >= 11 is 1.84. The van der Waals surface area contributed by atoms with Gasteiger partial charge in [-0.3, -0.25) is 5.32 Å². The van der Waals surface area contributed by atoms with E-state index in [0.29, 0.717) is 0 Å². The predicted molar refractivity (Wildman–Crippen MR) is 237 cm³/mol. The van der Waals surface area contributed by atoms with Crippen LogP contribution in [0.3, 0.4) is 0 Å². The van der Waals surface area contributed by atoms with E-state index in [1.807, 2.05) is 35.6 Å². The van der Waals surface area contributed by atoms with Crippen LogP contribution in [0, 0.1) is 0 Å². The fourth-order valence-corrected chi connectivity index (χ4v) is 10.1. The number of nitrogens with two attached hydrogens (primary N) is 1. The third-order valence-corrected chi connectivity index (χ3v) is 12.6. The fourth-order valence-electron chi connectivity index (χ4n) is 8.81. The van der Waals surface area contributed by atoms with Gasteiger partial charge in [-0.15, -0.1) is 11.3 Å². The van der Waals surface area contributed by atoms with Crippen LogP contribution < -0.4 is 5.32 Å². The summed E-state index contributed by atoms with van der Waals surface area (Å²) in [5, 5.41) is 9.38. The molecule has 11 aromatic rings. The van der Waals surface area contributed by atoms with Crippen LogP contribution >= 0.6 is 11.3 Å². The second kappa shape index (κ2) is 12.7.